The number of hydrogen-bond donors (Lipinski definition) is 2. The van der Waals surface area contributed by atoms with Gasteiger partial charge in [0.15, 0.2) is 0 Å². The third kappa shape index (κ3) is 12.7. The monoisotopic (exact) mass is 686 g/mol. The molecule has 0 radical (unpaired) electrons. The fraction of sp³-hybridized carbons (Fsp3) is 0.750. The maximum absolute atomic E-state index is 11.9. The molecule has 0 amide bonds. The first-order valence-corrected chi connectivity index (χ1v) is 20.1. The SMILES string of the molecule is C=CC(=O)OC1CC2C=CC1C2.CO[Si](CCCN)(OC)OC.CO[Si](CCCNCCC(=O)OC1CC2C=CC1C2)(OC)OC. The zero-order valence-corrected chi connectivity index (χ0v) is 30.7. The lowest BCUT2D eigenvalue weighted by Crippen LogP contribution is -2.43. The van der Waals surface area contributed by atoms with Gasteiger partial charge in [-0.15, -0.1) is 0 Å². The van der Waals surface area contributed by atoms with Crippen molar-refractivity contribution < 1.29 is 45.6 Å². The summed E-state index contributed by atoms with van der Waals surface area (Å²) in [5.41, 5.74) is 5.36. The van der Waals surface area contributed by atoms with Crippen LogP contribution in [0.15, 0.2) is 37.0 Å². The van der Waals surface area contributed by atoms with Crippen LogP contribution in [0.25, 0.3) is 0 Å². The maximum Gasteiger partial charge on any atom is 0.500 e. The Morgan fingerprint density at radius 2 is 1.22 bits per heavy atom. The molecule has 2 fully saturated rings. The first-order valence-electron chi connectivity index (χ1n) is 16.3. The maximum atomic E-state index is 11.9. The lowest BCUT2D eigenvalue weighted by molar-refractivity contribution is -0.150. The molecule has 6 atom stereocenters. The molecule has 4 aliphatic rings. The van der Waals surface area contributed by atoms with Crippen molar-refractivity contribution in [3.8, 4) is 0 Å². The van der Waals surface area contributed by atoms with Crippen LogP contribution in [0.2, 0.25) is 12.1 Å². The second-order valence-electron chi connectivity index (χ2n) is 11.9. The molecule has 0 saturated heterocycles. The van der Waals surface area contributed by atoms with E-state index < -0.39 is 17.6 Å². The fourth-order valence-electron chi connectivity index (χ4n) is 6.33. The van der Waals surface area contributed by atoms with Crippen molar-refractivity contribution in [3.63, 3.8) is 0 Å². The molecule has 46 heavy (non-hydrogen) atoms. The smallest absolute Gasteiger partial charge is 0.462 e. The van der Waals surface area contributed by atoms with Crippen LogP contribution in [0.3, 0.4) is 0 Å². The highest BCUT2D eigenvalue weighted by Gasteiger charge is 2.39. The van der Waals surface area contributed by atoms with E-state index in [1.165, 1.54) is 6.08 Å². The van der Waals surface area contributed by atoms with Crippen molar-refractivity contribution >= 4 is 29.5 Å². The Labute approximate surface area is 278 Å². The average molecular weight is 687 g/mol. The molecule has 14 heteroatoms. The number of carbonyl (C=O) groups is 2. The van der Waals surface area contributed by atoms with Crippen molar-refractivity contribution in [3.05, 3.63) is 37.0 Å². The molecule has 0 aromatic carbocycles. The molecule has 264 valence electrons. The molecule has 0 heterocycles. The van der Waals surface area contributed by atoms with Crippen molar-refractivity contribution in [1.82, 2.24) is 5.32 Å². The van der Waals surface area contributed by atoms with E-state index in [2.05, 4.69) is 36.2 Å². The summed E-state index contributed by atoms with van der Waals surface area (Å²) in [7, 11) is 4.89. The van der Waals surface area contributed by atoms with Crippen LogP contribution in [-0.2, 0) is 45.6 Å². The van der Waals surface area contributed by atoms with Crippen LogP contribution in [-0.4, -0.2) is 104 Å². The van der Waals surface area contributed by atoms with Crippen molar-refractivity contribution in [2.24, 2.45) is 29.4 Å². The lowest BCUT2D eigenvalue weighted by Gasteiger charge is -2.24. The molecule has 12 nitrogen and oxygen atoms in total. The van der Waals surface area contributed by atoms with Crippen LogP contribution in [0.4, 0.5) is 0 Å². The number of nitrogens with one attached hydrogen (secondary N) is 1. The van der Waals surface area contributed by atoms with Gasteiger partial charge in [-0.25, -0.2) is 4.79 Å². The summed E-state index contributed by atoms with van der Waals surface area (Å²) in [5.74, 6) is 1.81. The predicted octanol–water partition coefficient (Wildman–Crippen LogP) is 3.64. The number of esters is 2. The minimum Gasteiger partial charge on any atom is -0.462 e. The average Bonchev–Trinajstić information content (AvgIpc) is 3.90. The largest absolute Gasteiger partial charge is 0.500 e. The molecule has 0 spiro atoms. The van der Waals surface area contributed by atoms with E-state index in [9.17, 15) is 9.59 Å². The molecular formula is C32H58N2O10Si2. The van der Waals surface area contributed by atoms with Gasteiger partial charge in [0.25, 0.3) is 0 Å². The Bertz CT molecular complexity index is 960. The van der Waals surface area contributed by atoms with E-state index in [-0.39, 0.29) is 24.1 Å². The van der Waals surface area contributed by atoms with E-state index in [0.29, 0.717) is 43.2 Å². The molecule has 4 bridgehead atoms. The van der Waals surface area contributed by atoms with Gasteiger partial charge in [-0.05, 0) is 63.5 Å². The van der Waals surface area contributed by atoms with Crippen LogP contribution in [0.5, 0.6) is 0 Å². The predicted molar refractivity (Wildman–Crippen MR) is 180 cm³/mol. The van der Waals surface area contributed by atoms with E-state index in [4.69, 9.17) is 41.8 Å². The van der Waals surface area contributed by atoms with Gasteiger partial charge < -0.3 is 47.1 Å². The summed E-state index contributed by atoms with van der Waals surface area (Å²) in [6.07, 6.45) is 16.8. The molecule has 3 N–H and O–H groups in total. The third-order valence-electron chi connectivity index (χ3n) is 9.05. The Balaban J connectivity index is 0.000000268. The standard InChI is InChI=1S/C16H29NO5Si.C10H12O2.C6H17NO3Si/c1-19-23(20-2,21-3)10-4-8-17-9-7-16(18)22-15-12-13-5-6-14(15)11-13;1-2-10(11)12-9-6-7-3-4-8(9)5-7;1-8-11(9-2,10-3)6-4-5-7/h5-6,13-15,17H,4,7-12H2,1-3H3;2-4,7-9H,1,5-6H2;4-7H2,1-3H3. The highest BCUT2D eigenvalue weighted by molar-refractivity contribution is 6.60. The van der Waals surface area contributed by atoms with Crippen LogP contribution in [0.1, 0.15) is 44.9 Å². The minimum absolute atomic E-state index is 0.0992. The lowest BCUT2D eigenvalue weighted by atomic mass is 10.0. The Morgan fingerprint density at radius 3 is 1.61 bits per heavy atom. The summed E-state index contributed by atoms with van der Waals surface area (Å²) in [4.78, 5) is 22.7. The van der Waals surface area contributed by atoms with Crippen LogP contribution >= 0.6 is 0 Å². The summed E-state index contributed by atoms with van der Waals surface area (Å²) < 4.78 is 42.4. The summed E-state index contributed by atoms with van der Waals surface area (Å²) in [6, 6.07) is 1.54. The summed E-state index contributed by atoms with van der Waals surface area (Å²) in [6.45, 7) is 5.45. The zero-order valence-electron chi connectivity index (χ0n) is 28.7. The number of ether oxygens (including phenoxy) is 2. The van der Waals surface area contributed by atoms with Crippen molar-refractivity contribution in [2.45, 2.75) is 69.2 Å². The van der Waals surface area contributed by atoms with E-state index in [1.54, 1.807) is 42.7 Å². The van der Waals surface area contributed by atoms with Gasteiger partial charge in [-0.3, -0.25) is 4.79 Å². The van der Waals surface area contributed by atoms with Gasteiger partial charge in [0, 0.05) is 79.2 Å². The van der Waals surface area contributed by atoms with Gasteiger partial charge in [-0.1, -0.05) is 30.9 Å². The topological polar surface area (TPSA) is 146 Å². The van der Waals surface area contributed by atoms with E-state index in [0.717, 1.165) is 57.2 Å². The summed E-state index contributed by atoms with van der Waals surface area (Å²) >= 11 is 0. The number of rotatable bonds is 19. The molecule has 4 aliphatic carbocycles. The van der Waals surface area contributed by atoms with Crippen molar-refractivity contribution in [1.29, 1.82) is 0 Å². The van der Waals surface area contributed by atoms with E-state index >= 15 is 0 Å². The first kappa shape index (κ1) is 40.4. The quantitative estimate of drug-likeness (QED) is 0.0673. The van der Waals surface area contributed by atoms with Gasteiger partial charge in [-0.2, -0.15) is 0 Å². The Kier molecular flexibility index (Phi) is 18.7. The van der Waals surface area contributed by atoms with Crippen LogP contribution < -0.4 is 11.1 Å². The minimum atomic E-state index is -2.47. The molecule has 0 aromatic rings. The second-order valence-corrected chi connectivity index (χ2v) is 18.0. The molecule has 0 aromatic heterocycles. The number of carbonyl (C=O) groups excluding carboxylic acids is 2. The van der Waals surface area contributed by atoms with Crippen molar-refractivity contribution in [2.75, 3.05) is 62.3 Å². The van der Waals surface area contributed by atoms with Gasteiger partial charge in [0.1, 0.15) is 12.2 Å². The van der Waals surface area contributed by atoms with Gasteiger partial charge >= 0.3 is 29.5 Å². The third-order valence-corrected chi connectivity index (χ3v) is 14.7. The molecular weight excluding hydrogens is 629 g/mol. The number of nitrogens with two attached hydrogens (primary N) is 1. The number of hydrogen-bond acceptors (Lipinski definition) is 12. The molecule has 4 rings (SSSR count). The Hall–Kier alpha value is -1.73. The van der Waals surface area contributed by atoms with Gasteiger partial charge in [0.2, 0.25) is 0 Å². The number of allylic oxidation sites excluding steroid dienone is 2. The Morgan fingerprint density at radius 1 is 0.739 bits per heavy atom. The van der Waals surface area contributed by atoms with E-state index in [1.807, 2.05) is 0 Å². The van der Waals surface area contributed by atoms with Crippen LogP contribution in [0, 0.1) is 23.7 Å². The number of fused-ring (bicyclic) bond motifs is 4. The zero-order chi connectivity index (χ0) is 34.0. The normalized spacial score (nSPS) is 25.5. The molecule has 0 aliphatic heterocycles. The molecule has 6 unspecified atom stereocenters. The molecule has 2 saturated carbocycles. The second kappa shape index (κ2) is 21.3. The highest BCUT2D eigenvalue weighted by Crippen LogP contribution is 2.41. The fourth-order valence-corrected chi connectivity index (χ4v) is 9.80. The first-order chi connectivity index (χ1) is 22.2. The highest BCUT2D eigenvalue weighted by atomic mass is 28.4. The van der Waals surface area contributed by atoms with Gasteiger partial charge in [0.05, 0.1) is 6.42 Å². The summed E-state index contributed by atoms with van der Waals surface area (Å²) in [5, 5.41) is 3.26.